The molecule has 0 atom stereocenters. The van der Waals surface area contributed by atoms with Crippen molar-refractivity contribution in [3.8, 4) is 16.9 Å². The van der Waals surface area contributed by atoms with Crippen LogP contribution in [0.3, 0.4) is 0 Å². The molecule has 10 heteroatoms. The van der Waals surface area contributed by atoms with Gasteiger partial charge in [0.2, 0.25) is 0 Å². The molecule has 3 aromatic rings. The van der Waals surface area contributed by atoms with Crippen LogP contribution >= 0.6 is 0 Å². The summed E-state index contributed by atoms with van der Waals surface area (Å²) in [6.45, 7) is 5.55. The Morgan fingerprint density at radius 3 is 2.53 bits per heavy atom. The summed E-state index contributed by atoms with van der Waals surface area (Å²) in [6, 6.07) is 10.2. The molecule has 0 aliphatic carbocycles. The molecule has 3 heterocycles. The molecule has 0 saturated carbocycles. The van der Waals surface area contributed by atoms with Gasteiger partial charge < -0.3 is 25.1 Å². The van der Waals surface area contributed by atoms with Gasteiger partial charge in [-0.15, -0.1) is 0 Å². The van der Waals surface area contributed by atoms with Gasteiger partial charge in [0.15, 0.2) is 11.4 Å². The Labute approximate surface area is 210 Å². The first-order chi connectivity index (χ1) is 17.4. The van der Waals surface area contributed by atoms with Crippen LogP contribution in [0.4, 0.5) is 0 Å². The van der Waals surface area contributed by atoms with Gasteiger partial charge in [-0.05, 0) is 32.3 Å². The zero-order chi connectivity index (χ0) is 25.9. The summed E-state index contributed by atoms with van der Waals surface area (Å²) < 4.78 is 18.8. The van der Waals surface area contributed by atoms with Crippen LogP contribution in [0.15, 0.2) is 48.9 Å². The maximum Gasteiger partial charge on any atom is 0.360 e. The number of esters is 1. The molecule has 3 N–H and O–H groups in total. The SMILES string of the molecule is CCOC(=O)c1ncc(-c2cnn(C3CCOCC3)c2)c(C)c1OCc1ccccc1.NCC(=O)O. The number of hydrogen-bond acceptors (Lipinski definition) is 8. The number of pyridine rings is 1. The fourth-order valence-electron chi connectivity index (χ4n) is 3.75. The van der Waals surface area contributed by atoms with Gasteiger partial charge in [0.05, 0.1) is 25.4 Å². The van der Waals surface area contributed by atoms with E-state index in [2.05, 4.69) is 15.8 Å². The van der Waals surface area contributed by atoms with Gasteiger partial charge in [-0.3, -0.25) is 9.48 Å². The maximum atomic E-state index is 12.5. The lowest BCUT2D eigenvalue weighted by atomic mass is 10.0. The molecule has 1 fully saturated rings. The van der Waals surface area contributed by atoms with Crippen LogP contribution in [0.2, 0.25) is 0 Å². The molecular formula is C26H32N4O6. The highest BCUT2D eigenvalue weighted by Crippen LogP contribution is 2.33. The number of carbonyl (C=O) groups excluding carboxylic acids is 1. The first-order valence-electron chi connectivity index (χ1n) is 11.8. The second-order valence-electron chi connectivity index (χ2n) is 8.12. The Balaban J connectivity index is 0.000000658. The number of carbonyl (C=O) groups is 2. The van der Waals surface area contributed by atoms with Gasteiger partial charge in [-0.25, -0.2) is 9.78 Å². The van der Waals surface area contributed by atoms with Crippen molar-refractivity contribution in [1.82, 2.24) is 14.8 Å². The highest BCUT2D eigenvalue weighted by Gasteiger charge is 2.23. The lowest BCUT2D eigenvalue weighted by molar-refractivity contribution is -0.135. The quantitative estimate of drug-likeness (QED) is 0.449. The van der Waals surface area contributed by atoms with Crippen molar-refractivity contribution in [2.75, 3.05) is 26.4 Å². The molecule has 0 bridgehead atoms. The molecular weight excluding hydrogens is 464 g/mol. The highest BCUT2D eigenvalue weighted by molar-refractivity contribution is 5.92. The number of nitrogens with zero attached hydrogens (tertiary/aromatic N) is 3. The Kier molecular flexibility index (Phi) is 9.96. The number of hydrogen-bond donors (Lipinski definition) is 2. The smallest absolute Gasteiger partial charge is 0.360 e. The van der Waals surface area contributed by atoms with Crippen LogP contribution in [-0.2, 0) is 20.9 Å². The van der Waals surface area contributed by atoms with Crippen molar-refractivity contribution in [2.45, 2.75) is 39.3 Å². The van der Waals surface area contributed by atoms with Crippen LogP contribution in [0, 0.1) is 6.92 Å². The van der Waals surface area contributed by atoms with E-state index >= 15 is 0 Å². The topological polar surface area (TPSA) is 139 Å². The largest absolute Gasteiger partial charge is 0.486 e. The molecule has 0 spiro atoms. The van der Waals surface area contributed by atoms with Crippen LogP contribution in [-0.4, -0.2) is 58.2 Å². The average Bonchev–Trinajstić information content (AvgIpc) is 3.39. The Morgan fingerprint density at radius 1 is 1.19 bits per heavy atom. The minimum Gasteiger partial charge on any atom is -0.486 e. The second kappa shape index (κ2) is 13.4. The zero-order valence-electron chi connectivity index (χ0n) is 20.6. The predicted molar refractivity (Wildman–Crippen MR) is 133 cm³/mol. The number of nitrogens with two attached hydrogens (primary N) is 1. The van der Waals surface area contributed by atoms with Crippen molar-refractivity contribution >= 4 is 11.9 Å². The molecule has 192 valence electrons. The maximum absolute atomic E-state index is 12.5. The van der Waals surface area contributed by atoms with E-state index in [0.717, 1.165) is 48.3 Å². The van der Waals surface area contributed by atoms with E-state index in [4.69, 9.17) is 19.3 Å². The van der Waals surface area contributed by atoms with Gasteiger partial charge >= 0.3 is 11.9 Å². The van der Waals surface area contributed by atoms with Crippen LogP contribution in [0.25, 0.3) is 11.1 Å². The number of aliphatic carboxylic acids is 1. The number of rotatable bonds is 8. The minimum atomic E-state index is -0.968. The van der Waals surface area contributed by atoms with Crippen LogP contribution in [0.5, 0.6) is 5.75 Å². The molecule has 0 amide bonds. The normalized spacial score (nSPS) is 13.4. The van der Waals surface area contributed by atoms with Crippen molar-refractivity contribution in [2.24, 2.45) is 5.73 Å². The zero-order valence-corrected chi connectivity index (χ0v) is 20.6. The summed E-state index contributed by atoms with van der Waals surface area (Å²) in [6.07, 6.45) is 7.47. The van der Waals surface area contributed by atoms with Crippen molar-refractivity contribution in [1.29, 1.82) is 0 Å². The summed E-state index contributed by atoms with van der Waals surface area (Å²) in [4.78, 5) is 26.1. The monoisotopic (exact) mass is 496 g/mol. The van der Waals surface area contributed by atoms with Gasteiger partial charge in [0.25, 0.3) is 0 Å². The fraction of sp³-hybridized carbons (Fsp3) is 0.385. The lowest BCUT2D eigenvalue weighted by Crippen LogP contribution is -2.19. The third-order valence-corrected chi connectivity index (χ3v) is 5.63. The molecule has 4 rings (SSSR count). The molecule has 2 aromatic heterocycles. The van der Waals surface area contributed by atoms with Crippen LogP contribution in [0.1, 0.15) is 47.4 Å². The molecule has 0 radical (unpaired) electrons. The number of carboxylic acid groups (broad SMARTS) is 1. The Hall–Kier alpha value is -3.76. The first-order valence-corrected chi connectivity index (χ1v) is 11.8. The molecule has 1 saturated heterocycles. The van der Waals surface area contributed by atoms with E-state index in [1.54, 1.807) is 13.1 Å². The molecule has 0 unspecified atom stereocenters. The molecule has 1 aromatic carbocycles. The summed E-state index contributed by atoms with van der Waals surface area (Å²) in [5.41, 5.74) is 8.43. The third kappa shape index (κ3) is 7.12. The standard InChI is InChI=1S/C24H27N3O4.C2H5NO2/c1-3-30-24(28)22-23(31-16-18-7-5-4-6-8-18)17(2)21(14-25-22)19-13-26-27(15-19)20-9-11-29-12-10-20;3-1-2(4)5/h4-8,13-15,20H,3,9-12,16H2,1-2H3;1,3H2,(H,4,5). The van der Waals surface area contributed by atoms with Gasteiger partial charge in [0.1, 0.15) is 6.61 Å². The number of carboxylic acids is 1. The molecule has 10 nitrogen and oxygen atoms in total. The average molecular weight is 497 g/mol. The Bertz CT molecular complexity index is 1140. The summed E-state index contributed by atoms with van der Waals surface area (Å²) in [5.74, 6) is -1.01. The predicted octanol–water partition coefficient (Wildman–Crippen LogP) is 3.39. The number of aromatic nitrogens is 3. The Morgan fingerprint density at radius 2 is 1.89 bits per heavy atom. The van der Waals surface area contributed by atoms with Gasteiger partial charge in [-0.1, -0.05) is 30.3 Å². The van der Waals surface area contributed by atoms with Crippen LogP contribution < -0.4 is 10.5 Å². The van der Waals surface area contributed by atoms with E-state index in [0.29, 0.717) is 18.4 Å². The van der Waals surface area contributed by atoms with Gasteiger partial charge in [-0.2, -0.15) is 5.10 Å². The van der Waals surface area contributed by atoms with E-state index in [9.17, 15) is 9.59 Å². The second-order valence-corrected chi connectivity index (χ2v) is 8.12. The van der Waals surface area contributed by atoms with Crippen molar-refractivity contribution in [3.63, 3.8) is 0 Å². The summed E-state index contributed by atoms with van der Waals surface area (Å²) >= 11 is 0. The van der Waals surface area contributed by atoms with E-state index < -0.39 is 11.9 Å². The molecule has 36 heavy (non-hydrogen) atoms. The molecule has 1 aliphatic rings. The van der Waals surface area contributed by atoms with E-state index in [-0.39, 0.29) is 18.8 Å². The molecule has 1 aliphatic heterocycles. The highest BCUT2D eigenvalue weighted by atomic mass is 16.5. The first kappa shape index (κ1) is 26.8. The van der Waals surface area contributed by atoms with Crippen molar-refractivity contribution in [3.05, 3.63) is 65.7 Å². The summed E-state index contributed by atoms with van der Waals surface area (Å²) in [5, 5.41) is 12.2. The van der Waals surface area contributed by atoms with E-state index in [1.807, 2.05) is 54.3 Å². The van der Waals surface area contributed by atoms with Gasteiger partial charge in [0, 0.05) is 42.3 Å². The lowest BCUT2D eigenvalue weighted by Gasteiger charge is -2.22. The third-order valence-electron chi connectivity index (χ3n) is 5.63. The van der Waals surface area contributed by atoms with Crippen molar-refractivity contribution < 1.29 is 28.9 Å². The summed E-state index contributed by atoms with van der Waals surface area (Å²) in [7, 11) is 0. The number of ether oxygens (including phenoxy) is 3. The fourth-order valence-corrected chi connectivity index (χ4v) is 3.75. The number of benzene rings is 1. The minimum absolute atomic E-state index is 0.191. The van der Waals surface area contributed by atoms with E-state index in [1.165, 1.54) is 0 Å².